The molecule has 1 fully saturated rings. The summed E-state index contributed by atoms with van der Waals surface area (Å²) in [5.41, 5.74) is 0.368. The van der Waals surface area contributed by atoms with E-state index in [4.69, 9.17) is 10.00 Å². The summed E-state index contributed by atoms with van der Waals surface area (Å²) in [7, 11) is -2.25. The molecular formula is C14H19N3O3S. The van der Waals surface area contributed by atoms with E-state index in [1.165, 1.54) is 29.6 Å². The van der Waals surface area contributed by atoms with Gasteiger partial charge in [0.05, 0.1) is 18.7 Å². The molecule has 0 aliphatic carbocycles. The summed E-state index contributed by atoms with van der Waals surface area (Å²) in [5, 5.41) is 12.2. The molecule has 0 aromatic heterocycles. The minimum atomic E-state index is -3.65. The highest BCUT2D eigenvalue weighted by molar-refractivity contribution is 7.89. The fourth-order valence-electron chi connectivity index (χ4n) is 2.40. The number of hydrogen-bond donors (Lipinski definition) is 1. The number of nitriles is 1. The highest BCUT2D eigenvalue weighted by Crippen LogP contribution is 2.29. The van der Waals surface area contributed by atoms with Gasteiger partial charge in [-0.15, -0.1) is 0 Å². The van der Waals surface area contributed by atoms with Gasteiger partial charge >= 0.3 is 0 Å². The molecule has 6 nitrogen and oxygen atoms in total. The molecule has 21 heavy (non-hydrogen) atoms. The lowest BCUT2D eigenvalue weighted by molar-refractivity contribution is 0.244. The Bertz CT molecular complexity index is 667. The fraction of sp³-hybridized carbons (Fsp3) is 0.500. The van der Waals surface area contributed by atoms with E-state index in [1.807, 2.05) is 19.9 Å². The maximum atomic E-state index is 12.9. The molecule has 2 unspecified atom stereocenters. The van der Waals surface area contributed by atoms with Crippen LogP contribution in [0.5, 0.6) is 5.75 Å². The molecule has 1 aromatic rings. The first kappa shape index (κ1) is 15.8. The van der Waals surface area contributed by atoms with Crippen LogP contribution >= 0.6 is 0 Å². The number of sulfonamides is 1. The number of ether oxygens (including phenoxy) is 1. The van der Waals surface area contributed by atoms with E-state index in [0.29, 0.717) is 18.7 Å². The van der Waals surface area contributed by atoms with Gasteiger partial charge in [-0.2, -0.15) is 9.57 Å². The molecule has 2 rings (SSSR count). The van der Waals surface area contributed by atoms with Crippen molar-refractivity contribution in [2.45, 2.75) is 30.8 Å². The largest absolute Gasteiger partial charge is 0.495 e. The van der Waals surface area contributed by atoms with E-state index in [9.17, 15) is 8.42 Å². The van der Waals surface area contributed by atoms with E-state index in [0.717, 1.165) is 0 Å². The number of rotatable bonds is 3. The normalized spacial score (nSPS) is 23.5. The lowest BCUT2D eigenvalue weighted by Crippen LogP contribution is -2.56. The van der Waals surface area contributed by atoms with Crippen molar-refractivity contribution in [2.24, 2.45) is 0 Å². The quantitative estimate of drug-likeness (QED) is 0.898. The lowest BCUT2D eigenvalue weighted by Gasteiger charge is -2.36. The maximum Gasteiger partial charge on any atom is 0.247 e. The first-order chi connectivity index (χ1) is 9.90. The predicted octanol–water partition coefficient (Wildman–Crippen LogP) is 0.938. The van der Waals surface area contributed by atoms with Crippen LogP contribution in [0.4, 0.5) is 0 Å². The van der Waals surface area contributed by atoms with Crippen molar-refractivity contribution in [2.75, 3.05) is 20.2 Å². The van der Waals surface area contributed by atoms with Gasteiger partial charge in [0.2, 0.25) is 10.0 Å². The average Bonchev–Trinajstić information content (AvgIpc) is 2.48. The van der Waals surface area contributed by atoms with Crippen LogP contribution in [-0.2, 0) is 10.0 Å². The second kappa shape index (κ2) is 6.02. The summed E-state index contributed by atoms with van der Waals surface area (Å²) < 4.78 is 32.4. The Morgan fingerprint density at radius 1 is 1.43 bits per heavy atom. The number of nitrogens with one attached hydrogen (secondary N) is 1. The highest BCUT2D eigenvalue weighted by Gasteiger charge is 2.35. The third-order valence-electron chi connectivity index (χ3n) is 3.59. The standard InChI is InChI=1S/C14H19N3O3S/c1-10-9-17(11(2)8-16-10)21(18,19)14-5-4-12(7-15)6-13(14)20-3/h4-6,10-11,16H,8-9H2,1-3H3. The first-order valence-electron chi connectivity index (χ1n) is 6.73. The molecular weight excluding hydrogens is 290 g/mol. The third-order valence-corrected chi connectivity index (χ3v) is 5.61. The van der Waals surface area contributed by atoms with Gasteiger partial charge in [-0.25, -0.2) is 8.42 Å². The minimum absolute atomic E-state index is 0.0975. The summed E-state index contributed by atoms with van der Waals surface area (Å²) >= 11 is 0. The van der Waals surface area contributed by atoms with Gasteiger partial charge in [0.1, 0.15) is 10.6 Å². The molecule has 114 valence electrons. The lowest BCUT2D eigenvalue weighted by atomic mass is 10.2. The molecule has 1 heterocycles. The molecule has 0 amide bonds. The Labute approximate surface area is 125 Å². The average molecular weight is 309 g/mol. The maximum absolute atomic E-state index is 12.9. The van der Waals surface area contributed by atoms with Crippen LogP contribution in [0.15, 0.2) is 23.1 Å². The Hall–Kier alpha value is -1.62. The van der Waals surface area contributed by atoms with Gasteiger partial charge in [0.15, 0.2) is 0 Å². The zero-order chi connectivity index (χ0) is 15.6. The zero-order valence-corrected chi connectivity index (χ0v) is 13.1. The van der Waals surface area contributed by atoms with Crippen molar-refractivity contribution < 1.29 is 13.2 Å². The van der Waals surface area contributed by atoms with Crippen LogP contribution in [0.2, 0.25) is 0 Å². The topological polar surface area (TPSA) is 82.4 Å². The molecule has 0 bridgehead atoms. The summed E-state index contributed by atoms with van der Waals surface area (Å²) in [5.74, 6) is 0.201. The van der Waals surface area contributed by atoms with Crippen LogP contribution in [0.1, 0.15) is 19.4 Å². The number of piperazine rings is 1. The predicted molar refractivity (Wildman–Crippen MR) is 78.5 cm³/mol. The Kier molecular flexibility index (Phi) is 4.52. The van der Waals surface area contributed by atoms with Crippen molar-refractivity contribution in [3.8, 4) is 11.8 Å². The summed E-state index contributed by atoms with van der Waals surface area (Å²) in [6.07, 6.45) is 0. The molecule has 1 aliphatic rings. The van der Waals surface area contributed by atoms with E-state index in [1.54, 1.807) is 0 Å². The smallest absolute Gasteiger partial charge is 0.247 e. The highest BCUT2D eigenvalue weighted by atomic mass is 32.2. The number of benzene rings is 1. The van der Waals surface area contributed by atoms with Crippen molar-refractivity contribution >= 4 is 10.0 Å². The Morgan fingerprint density at radius 2 is 2.14 bits per heavy atom. The Morgan fingerprint density at radius 3 is 2.76 bits per heavy atom. The van der Waals surface area contributed by atoms with Gasteiger partial charge in [-0.3, -0.25) is 0 Å². The van der Waals surface area contributed by atoms with Gasteiger partial charge in [-0.05, 0) is 32.0 Å². The molecule has 1 N–H and O–H groups in total. The molecule has 1 aromatic carbocycles. The van der Waals surface area contributed by atoms with E-state index < -0.39 is 10.0 Å². The van der Waals surface area contributed by atoms with Gasteiger partial charge in [0.25, 0.3) is 0 Å². The SMILES string of the molecule is COc1cc(C#N)ccc1S(=O)(=O)N1CC(C)NCC1C. The van der Waals surface area contributed by atoms with Crippen molar-refractivity contribution in [1.82, 2.24) is 9.62 Å². The molecule has 1 saturated heterocycles. The van der Waals surface area contributed by atoms with E-state index in [2.05, 4.69) is 5.32 Å². The van der Waals surface area contributed by atoms with Crippen molar-refractivity contribution in [3.05, 3.63) is 23.8 Å². The number of nitrogens with zero attached hydrogens (tertiary/aromatic N) is 2. The molecule has 0 spiro atoms. The van der Waals surface area contributed by atoms with Crippen LogP contribution in [0.25, 0.3) is 0 Å². The van der Waals surface area contributed by atoms with Gasteiger partial charge in [0, 0.05) is 25.2 Å². The van der Waals surface area contributed by atoms with Crippen LogP contribution in [0, 0.1) is 11.3 Å². The molecule has 0 saturated carbocycles. The third kappa shape index (κ3) is 3.02. The molecule has 1 aliphatic heterocycles. The summed E-state index contributed by atoms with van der Waals surface area (Å²) in [4.78, 5) is 0.102. The molecule has 7 heteroatoms. The Balaban J connectivity index is 2.46. The monoisotopic (exact) mass is 309 g/mol. The van der Waals surface area contributed by atoms with Gasteiger partial charge in [-0.1, -0.05) is 0 Å². The zero-order valence-electron chi connectivity index (χ0n) is 12.3. The van der Waals surface area contributed by atoms with Crippen molar-refractivity contribution in [3.63, 3.8) is 0 Å². The number of hydrogen-bond acceptors (Lipinski definition) is 5. The fourth-order valence-corrected chi connectivity index (χ4v) is 4.26. The van der Waals surface area contributed by atoms with Crippen LogP contribution < -0.4 is 10.1 Å². The molecule has 2 atom stereocenters. The van der Waals surface area contributed by atoms with E-state index in [-0.39, 0.29) is 22.7 Å². The number of methoxy groups -OCH3 is 1. The molecule has 0 radical (unpaired) electrons. The minimum Gasteiger partial charge on any atom is -0.495 e. The first-order valence-corrected chi connectivity index (χ1v) is 8.17. The van der Waals surface area contributed by atoms with Gasteiger partial charge < -0.3 is 10.1 Å². The summed E-state index contributed by atoms with van der Waals surface area (Å²) in [6.45, 7) is 4.84. The second-order valence-electron chi connectivity index (χ2n) is 5.21. The summed E-state index contributed by atoms with van der Waals surface area (Å²) in [6, 6.07) is 6.32. The van der Waals surface area contributed by atoms with E-state index >= 15 is 0 Å². The van der Waals surface area contributed by atoms with Crippen LogP contribution in [-0.4, -0.2) is 45.0 Å². The van der Waals surface area contributed by atoms with Crippen LogP contribution in [0.3, 0.4) is 0 Å². The second-order valence-corrected chi connectivity index (χ2v) is 7.07. The van der Waals surface area contributed by atoms with Crippen molar-refractivity contribution in [1.29, 1.82) is 5.26 Å².